The molecule has 0 aliphatic heterocycles. The largest absolute Gasteiger partial charge is 0.330 e. The van der Waals surface area contributed by atoms with Gasteiger partial charge in [-0.25, -0.2) is 0 Å². The molecule has 0 saturated carbocycles. The number of ketones is 1. The molecule has 0 bridgehead atoms. The fraction of sp³-hybridized carbons (Fsp3) is 0.750. The van der Waals surface area contributed by atoms with Gasteiger partial charge in [0.05, 0.1) is 4.43 Å². The quantitative estimate of drug-likeness (QED) is 0.542. The van der Waals surface area contributed by atoms with E-state index in [1.807, 2.05) is 22.6 Å². The maximum Gasteiger partial charge on any atom is 0.143 e. The summed E-state index contributed by atoms with van der Waals surface area (Å²) >= 11 is 2.03. The zero-order chi connectivity index (χ0) is 5.70. The SMILES string of the molecule is NCCC(=O)CI. The average Bonchev–Trinajstić information content (AvgIpc) is 1.68. The zero-order valence-corrected chi connectivity index (χ0v) is 6.14. The number of hydrogen-bond acceptors (Lipinski definition) is 2. The summed E-state index contributed by atoms with van der Waals surface area (Å²) in [6, 6.07) is 0. The topological polar surface area (TPSA) is 43.1 Å². The van der Waals surface area contributed by atoms with Crippen molar-refractivity contribution >= 4 is 28.4 Å². The van der Waals surface area contributed by atoms with Crippen molar-refractivity contribution < 1.29 is 4.79 Å². The average molecular weight is 213 g/mol. The first kappa shape index (κ1) is 7.36. The first-order valence-corrected chi connectivity index (χ1v) is 3.61. The van der Waals surface area contributed by atoms with E-state index in [9.17, 15) is 4.79 Å². The molecule has 0 heterocycles. The van der Waals surface area contributed by atoms with Crippen LogP contribution in [0.1, 0.15) is 6.42 Å². The predicted octanol–water partition coefficient (Wildman–Crippen LogP) is 0.339. The molecule has 0 rings (SSSR count). The van der Waals surface area contributed by atoms with Crippen molar-refractivity contribution in [1.29, 1.82) is 0 Å². The van der Waals surface area contributed by atoms with Crippen LogP contribution in [0.25, 0.3) is 0 Å². The normalized spacial score (nSPS) is 8.86. The Hall–Kier alpha value is 0.360. The number of alkyl halides is 1. The van der Waals surface area contributed by atoms with E-state index < -0.39 is 0 Å². The van der Waals surface area contributed by atoms with Crippen molar-refractivity contribution in [2.75, 3.05) is 11.0 Å². The highest BCUT2D eigenvalue weighted by Crippen LogP contribution is 1.85. The summed E-state index contributed by atoms with van der Waals surface area (Å²) in [5.74, 6) is 0.239. The van der Waals surface area contributed by atoms with Gasteiger partial charge in [-0.1, -0.05) is 22.6 Å². The summed E-state index contributed by atoms with van der Waals surface area (Å²) in [6.07, 6.45) is 0.531. The van der Waals surface area contributed by atoms with E-state index in [1.54, 1.807) is 0 Å². The molecule has 0 atom stereocenters. The van der Waals surface area contributed by atoms with Crippen LogP contribution in [0.15, 0.2) is 0 Å². The molecule has 0 aromatic carbocycles. The van der Waals surface area contributed by atoms with Gasteiger partial charge in [0.2, 0.25) is 0 Å². The standard InChI is InChI=1S/C4H8INO/c5-3-4(7)1-2-6/h1-3,6H2. The van der Waals surface area contributed by atoms with Crippen LogP contribution in [0.2, 0.25) is 0 Å². The number of nitrogens with two attached hydrogens (primary N) is 1. The summed E-state index contributed by atoms with van der Waals surface area (Å²) in [7, 11) is 0. The lowest BCUT2D eigenvalue weighted by Gasteiger charge is -1.86. The summed E-state index contributed by atoms with van der Waals surface area (Å²) in [4.78, 5) is 10.3. The molecule has 0 fully saturated rings. The highest BCUT2D eigenvalue weighted by atomic mass is 127. The van der Waals surface area contributed by atoms with Crippen molar-refractivity contribution in [2.24, 2.45) is 5.73 Å². The van der Waals surface area contributed by atoms with Gasteiger partial charge in [-0.2, -0.15) is 0 Å². The van der Waals surface area contributed by atoms with Gasteiger partial charge >= 0.3 is 0 Å². The molecule has 0 saturated heterocycles. The molecule has 7 heavy (non-hydrogen) atoms. The Balaban J connectivity index is 3.00. The minimum absolute atomic E-state index is 0.239. The lowest BCUT2D eigenvalue weighted by Crippen LogP contribution is -2.07. The second-order valence-electron chi connectivity index (χ2n) is 1.21. The predicted molar refractivity (Wildman–Crippen MR) is 37.6 cm³/mol. The number of carbonyl (C=O) groups is 1. The van der Waals surface area contributed by atoms with E-state index in [1.165, 1.54) is 0 Å². The lowest BCUT2D eigenvalue weighted by molar-refractivity contribution is -0.116. The summed E-state index contributed by atoms with van der Waals surface area (Å²) in [5, 5.41) is 0. The Labute approximate surface area is 56.6 Å². The van der Waals surface area contributed by atoms with Crippen LogP contribution < -0.4 is 5.73 Å². The maximum absolute atomic E-state index is 10.3. The number of halogens is 1. The van der Waals surface area contributed by atoms with E-state index in [2.05, 4.69) is 0 Å². The molecule has 0 aliphatic rings. The first-order valence-electron chi connectivity index (χ1n) is 2.09. The van der Waals surface area contributed by atoms with Gasteiger partial charge in [-0.05, 0) is 6.54 Å². The van der Waals surface area contributed by atoms with Gasteiger partial charge in [0.25, 0.3) is 0 Å². The fourth-order valence-corrected chi connectivity index (χ4v) is 0.609. The van der Waals surface area contributed by atoms with Crippen LogP contribution in [0.4, 0.5) is 0 Å². The summed E-state index contributed by atoms with van der Waals surface area (Å²) in [5.41, 5.74) is 5.08. The highest BCUT2D eigenvalue weighted by Gasteiger charge is 1.92. The van der Waals surface area contributed by atoms with Crippen LogP contribution in [0.3, 0.4) is 0 Å². The summed E-state index contributed by atoms with van der Waals surface area (Å²) in [6.45, 7) is 0.488. The van der Waals surface area contributed by atoms with Gasteiger partial charge in [0.1, 0.15) is 5.78 Å². The van der Waals surface area contributed by atoms with E-state index in [0.717, 1.165) is 0 Å². The molecule has 0 aromatic rings. The van der Waals surface area contributed by atoms with Gasteiger partial charge in [-0.15, -0.1) is 0 Å². The third kappa shape index (κ3) is 4.21. The Kier molecular flexibility index (Phi) is 4.75. The molecule has 0 amide bonds. The second-order valence-corrected chi connectivity index (χ2v) is 1.97. The van der Waals surface area contributed by atoms with Crippen LogP contribution in [0.5, 0.6) is 0 Å². The Morgan fingerprint density at radius 2 is 2.29 bits per heavy atom. The lowest BCUT2D eigenvalue weighted by atomic mass is 10.3. The molecule has 0 aromatic heterocycles. The highest BCUT2D eigenvalue weighted by molar-refractivity contribution is 14.1. The summed E-state index contributed by atoms with van der Waals surface area (Å²) < 4.78 is 0.592. The van der Waals surface area contributed by atoms with Gasteiger partial charge in [-0.3, -0.25) is 4.79 Å². The van der Waals surface area contributed by atoms with Crippen molar-refractivity contribution in [1.82, 2.24) is 0 Å². The molecule has 0 aliphatic carbocycles. The molecule has 42 valence electrons. The Bertz CT molecular complexity index is 64.7. The Morgan fingerprint density at radius 1 is 1.71 bits per heavy atom. The molecule has 0 spiro atoms. The van der Waals surface area contributed by atoms with Gasteiger partial charge in [0, 0.05) is 6.42 Å². The maximum atomic E-state index is 10.3. The Morgan fingerprint density at radius 3 is 2.43 bits per heavy atom. The van der Waals surface area contributed by atoms with Crippen molar-refractivity contribution in [2.45, 2.75) is 6.42 Å². The van der Waals surface area contributed by atoms with Gasteiger partial charge < -0.3 is 5.73 Å². The van der Waals surface area contributed by atoms with Crippen LogP contribution >= 0.6 is 22.6 Å². The van der Waals surface area contributed by atoms with E-state index in [-0.39, 0.29) is 5.78 Å². The van der Waals surface area contributed by atoms with Crippen LogP contribution in [0, 0.1) is 0 Å². The zero-order valence-electron chi connectivity index (χ0n) is 3.98. The number of carbonyl (C=O) groups excluding carboxylic acids is 1. The molecule has 3 heteroatoms. The van der Waals surface area contributed by atoms with E-state index >= 15 is 0 Å². The molecule has 2 N–H and O–H groups in total. The monoisotopic (exact) mass is 213 g/mol. The van der Waals surface area contributed by atoms with E-state index in [0.29, 0.717) is 17.4 Å². The molecular weight excluding hydrogens is 205 g/mol. The minimum Gasteiger partial charge on any atom is -0.330 e. The minimum atomic E-state index is 0.239. The van der Waals surface area contributed by atoms with E-state index in [4.69, 9.17) is 5.73 Å². The van der Waals surface area contributed by atoms with Crippen molar-refractivity contribution in [3.05, 3.63) is 0 Å². The molecule has 2 nitrogen and oxygen atoms in total. The third-order valence-electron chi connectivity index (χ3n) is 0.572. The van der Waals surface area contributed by atoms with Crippen molar-refractivity contribution in [3.63, 3.8) is 0 Å². The number of hydrogen-bond donors (Lipinski definition) is 1. The molecule has 0 radical (unpaired) electrons. The fourth-order valence-electron chi connectivity index (χ4n) is 0.228. The first-order chi connectivity index (χ1) is 3.31. The van der Waals surface area contributed by atoms with Gasteiger partial charge in [0.15, 0.2) is 0 Å². The second kappa shape index (κ2) is 4.52. The molecule has 0 unspecified atom stereocenters. The van der Waals surface area contributed by atoms with Crippen LogP contribution in [-0.4, -0.2) is 16.8 Å². The number of Topliss-reactive ketones (excluding diaryl/α,β-unsaturated/α-hetero) is 1. The smallest absolute Gasteiger partial charge is 0.143 e. The third-order valence-corrected chi connectivity index (χ3v) is 1.42. The van der Waals surface area contributed by atoms with Crippen LogP contribution in [-0.2, 0) is 4.79 Å². The van der Waals surface area contributed by atoms with Crippen molar-refractivity contribution in [3.8, 4) is 0 Å². The number of rotatable bonds is 3. The molecular formula is C4H8INO.